The van der Waals surface area contributed by atoms with Gasteiger partial charge in [0, 0.05) is 30.4 Å². The number of imidazole rings is 1. The minimum Gasteiger partial charge on any atom is -0.493 e. The van der Waals surface area contributed by atoms with Gasteiger partial charge in [0.2, 0.25) is 0 Å². The third kappa shape index (κ3) is 3.07. The third-order valence-corrected chi connectivity index (χ3v) is 4.59. The van der Waals surface area contributed by atoms with Crippen molar-refractivity contribution >= 4 is 16.6 Å². The van der Waals surface area contributed by atoms with Gasteiger partial charge >= 0.3 is 0 Å². The summed E-state index contributed by atoms with van der Waals surface area (Å²) in [5.41, 5.74) is 3.48. The number of nitrogens with zero attached hydrogens (tertiary/aromatic N) is 3. The van der Waals surface area contributed by atoms with Crippen LogP contribution in [0.2, 0.25) is 0 Å². The van der Waals surface area contributed by atoms with Gasteiger partial charge in [-0.3, -0.25) is 4.79 Å². The fourth-order valence-corrected chi connectivity index (χ4v) is 3.35. The Bertz CT molecular complexity index is 1240. The van der Waals surface area contributed by atoms with E-state index in [1.807, 2.05) is 29.8 Å². The second kappa shape index (κ2) is 6.97. The molecule has 3 aromatic heterocycles. The third-order valence-electron chi connectivity index (χ3n) is 4.59. The van der Waals surface area contributed by atoms with Gasteiger partial charge in [-0.2, -0.15) is 0 Å². The molecular formula is C20H20N4O4. The molecule has 0 bridgehead atoms. The smallest absolute Gasteiger partial charge is 0.258 e. The molecule has 0 fully saturated rings. The molecule has 1 aromatic carbocycles. The monoisotopic (exact) mass is 380 g/mol. The predicted molar refractivity (Wildman–Crippen MR) is 104 cm³/mol. The average molecular weight is 380 g/mol. The maximum Gasteiger partial charge on any atom is 0.258 e. The van der Waals surface area contributed by atoms with Crippen LogP contribution in [0.4, 0.5) is 0 Å². The molecule has 28 heavy (non-hydrogen) atoms. The van der Waals surface area contributed by atoms with Crippen molar-refractivity contribution in [1.82, 2.24) is 19.4 Å². The van der Waals surface area contributed by atoms with Gasteiger partial charge in [0.05, 0.1) is 37.4 Å². The van der Waals surface area contributed by atoms with E-state index in [2.05, 4.69) is 15.0 Å². The number of aliphatic hydroxyl groups excluding tert-OH is 1. The predicted octanol–water partition coefficient (Wildman–Crippen LogP) is 1.98. The fraction of sp³-hybridized carbons (Fsp3) is 0.250. The van der Waals surface area contributed by atoms with E-state index >= 15 is 0 Å². The zero-order valence-electron chi connectivity index (χ0n) is 15.8. The molecule has 0 aliphatic carbocycles. The van der Waals surface area contributed by atoms with Crippen LogP contribution in [-0.4, -0.2) is 38.7 Å². The molecular weight excluding hydrogens is 360 g/mol. The minimum absolute atomic E-state index is 0.0890. The summed E-state index contributed by atoms with van der Waals surface area (Å²) < 4.78 is 12.4. The van der Waals surface area contributed by atoms with Gasteiger partial charge < -0.3 is 24.0 Å². The van der Waals surface area contributed by atoms with Crippen molar-refractivity contribution in [3.8, 4) is 11.5 Å². The van der Waals surface area contributed by atoms with Crippen LogP contribution in [0.15, 0.2) is 35.4 Å². The first kappa shape index (κ1) is 18.0. The molecule has 0 unspecified atom stereocenters. The van der Waals surface area contributed by atoms with Crippen LogP contribution in [0.1, 0.15) is 22.6 Å². The highest BCUT2D eigenvalue weighted by molar-refractivity contribution is 5.81. The molecule has 0 spiro atoms. The molecule has 8 nitrogen and oxygen atoms in total. The molecule has 0 saturated carbocycles. The number of rotatable bonds is 5. The van der Waals surface area contributed by atoms with E-state index in [0.29, 0.717) is 40.3 Å². The van der Waals surface area contributed by atoms with Crippen LogP contribution in [0.25, 0.3) is 16.6 Å². The van der Waals surface area contributed by atoms with Crippen molar-refractivity contribution in [2.24, 2.45) is 0 Å². The second-order valence-corrected chi connectivity index (χ2v) is 6.58. The number of aryl methyl sites for hydroxylation is 1. The number of benzene rings is 1. The number of H-pyrrole nitrogens is 1. The molecule has 0 radical (unpaired) electrons. The van der Waals surface area contributed by atoms with E-state index in [9.17, 15) is 9.90 Å². The Hall–Kier alpha value is -3.39. The van der Waals surface area contributed by atoms with E-state index < -0.39 is 0 Å². The Balaban J connectivity index is 1.77. The lowest BCUT2D eigenvalue weighted by molar-refractivity contribution is 0.282. The lowest BCUT2D eigenvalue weighted by Crippen LogP contribution is -2.12. The summed E-state index contributed by atoms with van der Waals surface area (Å²) in [6.45, 7) is 1.87. The molecule has 0 atom stereocenters. The SMILES string of the molecule is COc1cc2nc(Cc3cn4cc(C)cc(CO)c4n3)[nH]c(=O)c2cc1OC. The summed E-state index contributed by atoms with van der Waals surface area (Å²) in [5, 5.41) is 10.00. The van der Waals surface area contributed by atoms with Gasteiger partial charge in [-0.15, -0.1) is 0 Å². The number of hydrogen-bond acceptors (Lipinski definition) is 6. The summed E-state index contributed by atoms with van der Waals surface area (Å²) in [6, 6.07) is 5.21. The van der Waals surface area contributed by atoms with Crippen molar-refractivity contribution in [1.29, 1.82) is 0 Å². The number of nitrogens with one attached hydrogen (secondary N) is 1. The zero-order chi connectivity index (χ0) is 19.8. The van der Waals surface area contributed by atoms with Crippen LogP contribution in [-0.2, 0) is 13.0 Å². The van der Waals surface area contributed by atoms with Crippen molar-refractivity contribution < 1.29 is 14.6 Å². The van der Waals surface area contributed by atoms with Gasteiger partial charge in [-0.25, -0.2) is 9.97 Å². The molecule has 0 saturated heterocycles. The number of aliphatic hydroxyl groups is 1. The zero-order valence-corrected chi connectivity index (χ0v) is 15.8. The molecule has 3 heterocycles. The highest BCUT2D eigenvalue weighted by Crippen LogP contribution is 2.30. The molecule has 4 rings (SSSR count). The second-order valence-electron chi connectivity index (χ2n) is 6.58. The topological polar surface area (TPSA) is 102 Å². The Morgan fingerprint density at radius 1 is 1.11 bits per heavy atom. The Kier molecular flexibility index (Phi) is 4.48. The van der Waals surface area contributed by atoms with Gasteiger partial charge in [0.1, 0.15) is 11.5 Å². The lowest BCUT2D eigenvalue weighted by atomic mass is 10.2. The first-order valence-electron chi connectivity index (χ1n) is 8.75. The van der Waals surface area contributed by atoms with Crippen LogP contribution in [0, 0.1) is 6.92 Å². The highest BCUT2D eigenvalue weighted by atomic mass is 16.5. The quantitative estimate of drug-likeness (QED) is 0.549. The summed E-state index contributed by atoms with van der Waals surface area (Å²) in [4.78, 5) is 24.5. The van der Waals surface area contributed by atoms with Crippen LogP contribution < -0.4 is 15.0 Å². The summed E-state index contributed by atoms with van der Waals surface area (Å²) >= 11 is 0. The van der Waals surface area contributed by atoms with Crippen LogP contribution in [0.5, 0.6) is 11.5 Å². The molecule has 0 aliphatic rings. The van der Waals surface area contributed by atoms with Gasteiger partial charge in [-0.05, 0) is 24.6 Å². The Morgan fingerprint density at radius 2 is 1.86 bits per heavy atom. The normalized spacial score (nSPS) is 11.3. The average Bonchev–Trinajstić information content (AvgIpc) is 3.08. The molecule has 144 valence electrons. The van der Waals surface area contributed by atoms with Crippen LogP contribution in [0.3, 0.4) is 0 Å². The number of aromatic amines is 1. The summed E-state index contributed by atoms with van der Waals surface area (Å²) in [6.07, 6.45) is 4.17. The molecule has 4 aromatic rings. The Morgan fingerprint density at radius 3 is 2.57 bits per heavy atom. The molecule has 2 N–H and O–H groups in total. The first-order chi connectivity index (χ1) is 13.5. The van der Waals surface area contributed by atoms with E-state index in [1.54, 1.807) is 12.1 Å². The first-order valence-corrected chi connectivity index (χ1v) is 8.75. The lowest BCUT2D eigenvalue weighted by Gasteiger charge is -2.09. The highest BCUT2D eigenvalue weighted by Gasteiger charge is 2.13. The number of hydrogen-bond donors (Lipinski definition) is 2. The maximum atomic E-state index is 12.5. The number of fused-ring (bicyclic) bond motifs is 2. The fourth-order valence-electron chi connectivity index (χ4n) is 3.35. The van der Waals surface area contributed by atoms with E-state index in [-0.39, 0.29) is 12.2 Å². The van der Waals surface area contributed by atoms with Crippen molar-refractivity contribution in [3.05, 3.63) is 63.6 Å². The number of aromatic nitrogens is 4. The Labute approximate surface area is 160 Å². The molecule has 0 amide bonds. The summed E-state index contributed by atoms with van der Waals surface area (Å²) in [7, 11) is 3.06. The van der Waals surface area contributed by atoms with Crippen molar-refractivity contribution in [2.75, 3.05) is 14.2 Å². The number of pyridine rings is 1. The number of methoxy groups -OCH3 is 2. The molecule has 0 aliphatic heterocycles. The van der Waals surface area contributed by atoms with Crippen molar-refractivity contribution in [3.63, 3.8) is 0 Å². The standard InChI is InChI=1S/C20H20N4O4/c1-11-4-12(10-25)19-21-13(9-24(19)8-11)5-18-22-15-7-17(28-3)16(27-2)6-14(15)20(26)23-18/h4,6-9,25H,5,10H2,1-3H3,(H,22,23,26). The van der Waals surface area contributed by atoms with E-state index in [4.69, 9.17) is 9.47 Å². The largest absolute Gasteiger partial charge is 0.493 e. The van der Waals surface area contributed by atoms with Gasteiger partial charge in [0.25, 0.3) is 5.56 Å². The van der Waals surface area contributed by atoms with E-state index in [0.717, 1.165) is 16.8 Å². The minimum atomic E-state index is -0.253. The maximum absolute atomic E-state index is 12.5. The summed E-state index contributed by atoms with van der Waals surface area (Å²) in [5.74, 6) is 1.48. The molecule has 8 heteroatoms. The van der Waals surface area contributed by atoms with Crippen LogP contribution >= 0.6 is 0 Å². The number of ether oxygens (including phenoxy) is 2. The van der Waals surface area contributed by atoms with E-state index in [1.165, 1.54) is 14.2 Å². The van der Waals surface area contributed by atoms with Gasteiger partial charge in [0.15, 0.2) is 11.5 Å². The van der Waals surface area contributed by atoms with Crippen molar-refractivity contribution in [2.45, 2.75) is 20.0 Å². The van der Waals surface area contributed by atoms with Gasteiger partial charge in [-0.1, -0.05) is 0 Å².